The number of alkyl halides is 3. The molecule has 7 nitrogen and oxygen atoms in total. The van der Waals surface area contributed by atoms with Gasteiger partial charge in [0, 0.05) is 5.38 Å². The first-order valence-electron chi connectivity index (χ1n) is 5.02. The van der Waals surface area contributed by atoms with Crippen LogP contribution in [0, 0.1) is 0 Å². The lowest BCUT2D eigenvalue weighted by Crippen LogP contribution is -2.23. The summed E-state index contributed by atoms with van der Waals surface area (Å²) in [4.78, 5) is 26.5. The molecule has 0 aromatic carbocycles. The number of thiazole rings is 1. The Balaban J connectivity index is 2.56. The molecule has 0 aliphatic rings. The minimum Gasteiger partial charge on any atom is -0.468 e. The number of ether oxygens (including phenoxy) is 2. The first-order valence-corrected chi connectivity index (χ1v) is 7.03. The Hall–Kier alpha value is -0.800. The number of carbonyl (C=O) groups is 2. The van der Waals surface area contributed by atoms with Gasteiger partial charge in [0.1, 0.15) is 12.6 Å². The predicted octanol–water partition coefficient (Wildman–Crippen LogP) is 2.23. The van der Waals surface area contributed by atoms with Crippen LogP contribution in [0.1, 0.15) is 11.7 Å². The monoisotopic (exact) mass is 361 g/mol. The van der Waals surface area contributed by atoms with Crippen LogP contribution in [0.3, 0.4) is 0 Å². The van der Waals surface area contributed by atoms with Crippen LogP contribution in [0.5, 0.6) is 0 Å². The number of halogens is 3. The van der Waals surface area contributed by atoms with Crippen LogP contribution in [0.15, 0.2) is 5.38 Å². The van der Waals surface area contributed by atoms with Gasteiger partial charge in [-0.25, -0.2) is 14.6 Å². The third-order valence-corrected chi connectivity index (χ3v) is 2.97. The quantitative estimate of drug-likeness (QED) is 0.629. The first-order chi connectivity index (χ1) is 9.23. The summed E-state index contributed by atoms with van der Waals surface area (Å²) in [6.07, 6.45) is -0.844. The average Bonchev–Trinajstić information content (AvgIpc) is 2.82. The van der Waals surface area contributed by atoms with E-state index in [9.17, 15) is 9.59 Å². The maximum atomic E-state index is 11.4. The fourth-order valence-electron chi connectivity index (χ4n) is 1.00. The van der Waals surface area contributed by atoms with Crippen LogP contribution < -0.4 is 11.1 Å². The highest BCUT2D eigenvalue weighted by Crippen LogP contribution is 2.26. The topological polar surface area (TPSA) is 104 Å². The molecule has 0 saturated heterocycles. The minimum atomic E-state index is -1.70. The van der Waals surface area contributed by atoms with Gasteiger partial charge in [0.2, 0.25) is 3.79 Å². The number of aromatic nitrogens is 1. The number of esters is 1. The van der Waals surface area contributed by atoms with Gasteiger partial charge >= 0.3 is 12.1 Å². The van der Waals surface area contributed by atoms with Gasteiger partial charge in [0.15, 0.2) is 5.13 Å². The number of rotatable bonds is 4. The molecule has 1 amide bonds. The molecule has 0 aliphatic heterocycles. The smallest absolute Gasteiger partial charge is 0.413 e. The number of methoxy groups -OCH3 is 1. The minimum absolute atomic E-state index is 0.189. The molecule has 112 valence electrons. The second kappa shape index (κ2) is 7.28. The summed E-state index contributed by atoms with van der Waals surface area (Å²) in [5.41, 5.74) is 5.84. The maximum absolute atomic E-state index is 11.4. The van der Waals surface area contributed by atoms with Crippen LogP contribution >= 0.6 is 46.1 Å². The Morgan fingerprint density at radius 3 is 2.75 bits per heavy atom. The van der Waals surface area contributed by atoms with E-state index in [1.807, 2.05) is 0 Å². The van der Waals surface area contributed by atoms with E-state index in [0.717, 1.165) is 11.3 Å². The molecule has 0 unspecified atom stereocenters. The third-order valence-electron chi connectivity index (χ3n) is 1.87. The second-order valence-corrected chi connectivity index (χ2v) is 6.77. The summed E-state index contributed by atoms with van der Waals surface area (Å²) in [5, 5.41) is 4.00. The molecule has 1 aromatic rings. The van der Waals surface area contributed by atoms with Crippen molar-refractivity contribution in [3.8, 4) is 0 Å². The van der Waals surface area contributed by atoms with E-state index in [4.69, 9.17) is 40.5 Å². The lowest BCUT2D eigenvalue weighted by Gasteiger charge is -2.10. The summed E-state index contributed by atoms with van der Waals surface area (Å²) in [6.45, 7) is -0.413. The van der Waals surface area contributed by atoms with Gasteiger partial charge in [-0.2, -0.15) is 0 Å². The lowest BCUT2D eigenvalue weighted by atomic mass is 10.2. The molecule has 3 N–H and O–H groups in total. The van der Waals surface area contributed by atoms with Gasteiger partial charge < -0.3 is 15.2 Å². The van der Waals surface area contributed by atoms with E-state index < -0.39 is 28.5 Å². The van der Waals surface area contributed by atoms with E-state index in [2.05, 4.69) is 19.8 Å². The largest absolute Gasteiger partial charge is 0.468 e. The maximum Gasteiger partial charge on any atom is 0.413 e. The van der Waals surface area contributed by atoms with Crippen molar-refractivity contribution < 1.29 is 19.1 Å². The highest BCUT2D eigenvalue weighted by Gasteiger charge is 2.23. The van der Waals surface area contributed by atoms with Gasteiger partial charge in [0.25, 0.3) is 0 Å². The van der Waals surface area contributed by atoms with Gasteiger partial charge in [0.05, 0.1) is 12.8 Å². The Morgan fingerprint density at radius 1 is 1.55 bits per heavy atom. The van der Waals surface area contributed by atoms with Crippen molar-refractivity contribution in [1.82, 2.24) is 4.98 Å². The zero-order chi connectivity index (χ0) is 15.3. The SMILES string of the molecule is COC(=O)[C@H](N)c1csc(NC(=O)OCC(Cl)(Cl)Cl)n1. The zero-order valence-corrected chi connectivity index (χ0v) is 13.1. The molecule has 0 aliphatic carbocycles. The number of hydrogen-bond acceptors (Lipinski definition) is 7. The van der Waals surface area contributed by atoms with E-state index in [-0.39, 0.29) is 10.8 Å². The number of nitrogens with one attached hydrogen (secondary N) is 1. The van der Waals surface area contributed by atoms with E-state index in [0.29, 0.717) is 0 Å². The number of carbonyl (C=O) groups excluding carboxylic acids is 2. The number of hydrogen-bond donors (Lipinski definition) is 2. The Bertz CT molecular complexity index is 491. The fourth-order valence-corrected chi connectivity index (χ4v) is 1.90. The molecular formula is C9H10Cl3N3O4S. The second-order valence-electron chi connectivity index (χ2n) is 3.39. The van der Waals surface area contributed by atoms with Crippen LogP contribution in [0.4, 0.5) is 9.93 Å². The van der Waals surface area contributed by atoms with Crippen LogP contribution in [0.25, 0.3) is 0 Å². The van der Waals surface area contributed by atoms with Gasteiger partial charge in [-0.3, -0.25) is 5.32 Å². The molecule has 1 atom stereocenters. The van der Waals surface area contributed by atoms with Crippen molar-refractivity contribution in [2.45, 2.75) is 9.83 Å². The van der Waals surface area contributed by atoms with E-state index in [1.165, 1.54) is 12.5 Å². The van der Waals surface area contributed by atoms with Crippen molar-refractivity contribution in [2.75, 3.05) is 19.0 Å². The summed E-state index contributed by atoms with van der Waals surface area (Å²) in [5.74, 6) is -0.638. The Morgan fingerprint density at radius 2 is 2.20 bits per heavy atom. The number of nitrogens with zero attached hydrogens (tertiary/aromatic N) is 1. The van der Waals surface area contributed by atoms with E-state index >= 15 is 0 Å². The van der Waals surface area contributed by atoms with Crippen molar-refractivity contribution >= 4 is 63.3 Å². The Labute approximate surface area is 133 Å². The number of anilines is 1. The first kappa shape index (κ1) is 17.3. The summed E-state index contributed by atoms with van der Waals surface area (Å²) in [7, 11) is 1.21. The van der Waals surface area contributed by atoms with Crippen LogP contribution in [-0.2, 0) is 14.3 Å². The Kier molecular flexibility index (Phi) is 6.28. The molecular weight excluding hydrogens is 353 g/mol. The van der Waals surface area contributed by atoms with Gasteiger partial charge in [-0.1, -0.05) is 34.8 Å². The van der Waals surface area contributed by atoms with Crippen molar-refractivity contribution in [2.24, 2.45) is 5.73 Å². The molecule has 11 heteroatoms. The highest BCUT2D eigenvalue weighted by molar-refractivity contribution is 7.13. The summed E-state index contributed by atoms with van der Waals surface area (Å²) in [6, 6.07) is -1.02. The fraction of sp³-hybridized carbons (Fsp3) is 0.444. The molecule has 1 aromatic heterocycles. The van der Waals surface area contributed by atoms with Crippen molar-refractivity contribution in [3.05, 3.63) is 11.1 Å². The molecule has 1 heterocycles. The normalized spacial score (nSPS) is 12.7. The van der Waals surface area contributed by atoms with Crippen molar-refractivity contribution in [1.29, 1.82) is 0 Å². The molecule has 0 radical (unpaired) electrons. The van der Waals surface area contributed by atoms with Gasteiger partial charge in [-0.05, 0) is 0 Å². The standard InChI is InChI=1S/C9H10Cl3N3O4S/c1-18-6(16)5(13)4-2-20-7(14-4)15-8(17)19-3-9(10,11)12/h2,5H,3,13H2,1H3,(H,14,15,17)/t5-/m1/s1. The van der Waals surface area contributed by atoms with Crippen LogP contribution in [-0.4, -0.2) is 34.6 Å². The molecule has 20 heavy (non-hydrogen) atoms. The summed E-state index contributed by atoms with van der Waals surface area (Å²) < 4.78 is 7.43. The highest BCUT2D eigenvalue weighted by atomic mass is 35.6. The third kappa shape index (κ3) is 5.68. The molecule has 0 saturated carbocycles. The molecule has 0 fully saturated rings. The molecule has 0 spiro atoms. The number of nitrogens with two attached hydrogens (primary N) is 1. The zero-order valence-electron chi connectivity index (χ0n) is 10.1. The summed E-state index contributed by atoms with van der Waals surface area (Å²) >= 11 is 17.3. The molecule has 0 bridgehead atoms. The van der Waals surface area contributed by atoms with E-state index in [1.54, 1.807) is 0 Å². The number of amides is 1. The lowest BCUT2D eigenvalue weighted by molar-refractivity contribution is -0.142. The van der Waals surface area contributed by atoms with Crippen LogP contribution in [0.2, 0.25) is 0 Å². The van der Waals surface area contributed by atoms with Gasteiger partial charge in [-0.15, -0.1) is 11.3 Å². The average molecular weight is 363 g/mol. The molecule has 1 rings (SSSR count). The predicted molar refractivity (Wildman–Crippen MR) is 76.3 cm³/mol. The van der Waals surface area contributed by atoms with Crippen molar-refractivity contribution in [3.63, 3.8) is 0 Å².